The minimum atomic E-state index is 0.0565. The molecule has 1 aliphatic rings. The number of aromatic nitrogens is 2. The lowest BCUT2D eigenvalue weighted by molar-refractivity contribution is -0.119. The van der Waals surface area contributed by atoms with E-state index in [1.165, 1.54) is 0 Å². The van der Waals surface area contributed by atoms with Gasteiger partial charge < -0.3 is 10.6 Å². The summed E-state index contributed by atoms with van der Waals surface area (Å²) in [7, 11) is 0. The largest absolute Gasteiger partial charge is 0.316 e. The van der Waals surface area contributed by atoms with Crippen LogP contribution in [0.5, 0.6) is 0 Å². The molecule has 0 saturated carbocycles. The van der Waals surface area contributed by atoms with E-state index in [2.05, 4.69) is 31.7 Å². The highest BCUT2D eigenvalue weighted by Gasteiger charge is 2.23. The highest BCUT2D eigenvalue weighted by Crippen LogP contribution is 2.16. The van der Waals surface area contributed by atoms with Crippen LogP contribution in [0.3, 0.4) is 0 Å². The van der Waals surface area contributed by atoms with E-state index in [0.717, 1.165) is 35.4 Å². The third kappa shape index (κ3) is 3.51. The quantitative estimate of drug-likeness (QED) is 0.890. The van der Waals surface area contributed by atoms with Gasteiger partial charge in [-0.15, -0.1) is 0 Å². The maximum absolute atomic E-state index is 12.2. The van der Waals surface area contributed by atoms with Crippen LogP contribution in [0.15, 0.2) is 41.0 Å². The molecule has 1 unspecified atom stereocenters. The zero-order valence-electron chi connectivity index (χ0n) is 11.6. The van der Waals surface area contributed by atoms with Crippen molar-refractivity contribution in [3.8, 4) is 0 Å². The first-order valence-electron chi connectivity index (χ1n) is 7.00. The standard InChI is InChI=1S/C15H17BrN4O/c16-13-3-1-11(2-4-13)10-20-14(6-8-18-20)19-15(21)12-5-7-17-9-12/h1-4,6,8,12,17H,5,7,9-10H2,(H,19,21). The predicted molar refractivity (Wildman–Crippen MR) is 85.1 cm³/mol. The highest BCUT2D eigenvalue weighted by molar-refractivity contribution is 9.10. The first-order chi connectivity index (χ1) is 10.2. The fourth-order valence-electron chi connectivity index (χ4n) is 2.43. The van der Waals surface area contributed by atoms with Crippen LogP contribution in [0.25, 0.3) is 0 Å². The van der Waals surface area contributed by atoms with Crippen molar-refractivity contribution in [2.45, 2.75) is 13.0 Å². The van der Waals surface area contributed by atoms with Crippen LogP contribution in [0.2, 0.25) is 0 Å². The first-order valence-corrected chi connectivity index (χ1v) is 7.79. The second-order valence-corrected chi connectivity index (χ2v) is 6.10. The van der Waals surface area contributed by atoms with Gasteiger partial charge in [0.2, 0.25) is 5.91 Å². The van der Waals surface area contributed by atoms with Crippen LogP contribution in [-0.4, -0.2) is 28.8 Å². The number of hydrogen-bond donors (Lipinski definition) is 2. The average Bonchev–Trinajstić information content (AvgIpc) is 3.14. The van der Waals surface area contributed by atoms with Crippen LogP contribution in [0, 0.1) is 5.92 Å². The van der Waals surface area contributed by atoms with Crippen molar-refractivity contribution in [3.63, 3.8) is 0 Å². The summed E-state index contributed by atoms with van der Waals surface area (Å²) in [5.41, 5.74) is 1.14. The number of rotatable bonds is 4. The third-order valence-corrected chi connectivity index (χ3v) is 4.17. The molecule has 0 aliphatic carbocycles. The van der Waals surface area contributed by atoms with Crippen molar-refractivity contribution in [2.24, 2.45) is 5.92 Å². The Morgan fingerprint density at radius 1 is 1.38 bits per heavy atom. The number of benzene rings is 1. The van der Waals surface area contributed by atoms with Crippen LogP contribution in [0.1, 0.15) is 12.0 Å². The summed E-state index contributed by atoms with van der Waals surface area (Å²) in [5.74, 6) is 0.869. The first kappa shape index (κ1) is 14.3. The summed E-state index contributed by atoms with van der Waals surface area (Å²) in [4.78, 5) is 12.2. The number of carbonyl (C=O) groups is 1. The molecule has 3 rings (SSSR count). The summed E-state index contributed by atoms with van der Waals surface area (Å²) in [6, 6.07) is 9.91. The van der Waals surface area contributed by atoms with Crippen molar-refractivity contribution in [2.75, 3.05) is 18.4 Å². The molecule has 1 saturated heterocycles. The highest BCUT2D eigenvalue weighted by atomic mass is 79.9. The van der Waals surface area contributed by atoms with Crippen molar-refractivity contribution >= 4 is 27.7 Å². The number of carbonyl (C=O) groups excluding carboxylic acids is 1. The van der Waals surface area contributed by atoms with Crippen molar-refractivity contribution in [1.29, 1.82) is 0 Å². The van der Waals surface area contributed by atoms with Gasteiger partial charge in [0.25, 0.3) is 0 Å². The fourth-order valence-corrected chi connectivity index (χ4v) is 2.70. The normalized spacial score (nSPS) is 17.9. The molecule has 1 atom stereocenters. The monoisotopic (exact) mass is 348 g/mol. The number of anilines is 1. The molecule has 110 valence electrons. The van der Waals surface area contributed by atoms with Gasteiger partial charge in [-0.2, -0.15) is 5.10 Å². The number of hydrogen-bond acceptors (Lipinski definition) is 3. The van der Waals surface area contributed by atoms with E-state index < -0.39 is 0 Å². The van der Waals surface area contributed by atoms with E-state index in [0.29, 0.717) is 6.54 Å². The van der Waals surface area contributed by atoms with Gasteiger partial charge >= 0.3 is 0 Å². The molecule has 5 nitrogen and oxygen atoms in total. The number of amides is 1. The summed E-state index contributed by atoms with van der Waals surface area (Å²) in [6.45, 7) is 2.31. The molecule has 0 bridgehead atoms. The number of nitrogens with one attached hydrogen (secondary N) is 2. The van der Waals surface area contributed by atoms with E-state index in [-0.39, 0.29) is 11.8 Å². The maximum atomic E-state index is 12.2. The molecule has 0 spiro atoms. The molecule has 0 radical (unpaired) electrons. The maximum Gasteiger partial charge on any atom is 0.229 e. The molecule has 1 amide bonds. The lowest BCUT2D eigenvalue weighted by Gasteiger charge is -2.12. The second kappa shape index (κ2) is 6.41. The number of nitrogens with zero attached hydrogens (tertiary/aromatic N) is 2. The third-order valence-electron chi connectivity index (χ3n) is 3.64. The Balaban J connectivity index is 1.68. The zero-order chi connectivity index (χ0) is 14.7. The van der Waals surface area contributed by atoms with Gasteiger partial charge in [-0.05, 0) is 30.7 Å². The van der Waals surface area contributed by atoms with Crippen LogP contribution in [-0.2, 0) is 11.3 Å². The average molecular weight is 349 g/mol. The molecule has 6 heteroatoms. The fraction of sp³-hybridized carbons (Fsp3) is 0.333. The molecule has 1 aliphatic heterocycles. The lowest BCUT2D eigenvalue weighted by Crippen LogP contribution is -2.26. The molecule has 2 N–H and O–H groups in total. The lowest BCUT2D eigenvalue weighted by atomic mass is 10.1. The van der Waals surface area contributed by atoms with E-state index in [1.807, 2.05) is 35.0 Å². The molecular formula is C15H17BrN4O. The van der Waals surface area contributed by atoms with Crippen LogP contribution >= 0.6 is 15.9 Å². The van der Waals surface area contributed by atoms with Gasteiger partial charge in [-0.25, -0.2) is 4.68 Å². The Morgan fingerprint density at radius 2 is 2.19 bits per heavy atom. The molecule has 2 heterocycles. The van der Waals surface area contributed by atoms with E-state index in [4.69, 9.17) is 0 Å². The molecule has 1 fully saturated rings. The summed E-state index contributed by atoms with van der Waals surface area (Å²) in [5, 5.41) is 10.5. The Hall–Kier alpha value is -1.66. The van der Waals surface area contributed by atoms with E-state index in [1.54, 1.807) is 6.20 Å². The summed E-state index contributed by atoms with van der Waals surface area (Å²) < 4.78 is 2.86. The van der Waals surface area contributed by atoms with Crippen molar-refractivity contribution < 1.29 is 4.79 Å². The van der Waals surface area contributed by atoms with Gasteiger partial charge in [0.15, 0.2) is 0 Å². The van der Waals surface area contributed by atoms with E-state index >= 15 is 0 Å². The minimum absolute atomic E-state index is 0.0565. The number of halogens is 1. The Labute approximate surface area is 131 Å². The predicted octanol–water partition coefficient (Wildman–Crippen LogP) is 2.24. The van der Waals surface area contributed by atoms with Crippen molar-refractivity contribution in [3.05, 3.63) is 46.6 Å². The van der Waals surface area contributed by atoms with Gasteiger partial charge in [-0.3, -0.25) is 4.79 Å². The Bertz CT molecular complexity index is 617. The van der Waals surface area contributed by atoms with Gasteiger partial charge in [0.05, 0.1) is 18.7 Å². The molecular weight excluding hydrogens is 332 g/mol. The topological polar surface area (TPSA) is 59.0 Å². The van der Waals surface area contributed by atoms with Crippen LogP contribution < -0.4 is 10.6 Å². The molecule has 1 aromatic carbocycles. The molecule has 2 aromatic rings. The van der Waals surface area contributed by atoms with Gasteiger partial charge in [-0.1, -0.05) is 28.1 Å². The summed E-state index contributed by atoms with van der Waals surface area (Å²) >= 11 is 3.42. The molecule has 1 aromatic heterocycles. The molecule has 21 heavy (non-hydrogen) atoms. The van der Waals surface area contributed by atoms with Crippen LogP contribution in [0.4, 0.5) is 5.82 Å². The minimum Gasteiger partial charge on any atom is -0.316 e. The van der Waals surface area contributed by atoms with Gasteiger partial charge in [0, 0.05) is 17.1 Å². The SMILES string of the molecule is O=C(Nc1ccnn1Cc1ccc(Br)cc1)C1CCNC1. The van der Waals surface area contributed by atoms with Crippen molar-refractivity contribution in [1.82, 2.24) is 15.1 Å². The van der Waals surface area contributed by atoms with Gasteiger partial charge in [0.1, 0.15) is 5.82 Å². The smallest absolute Gasteiger partial charge is 0.229 e. The Kier molecular flexibility index (Phi) is 4.36. The summed E-state index contributed by atoms with van der Waals surface area (Å²) in [6.07, 6.45) is 2.61. The van der Waals surface area contributed by atoms with E-state index in [9.17, 15) is 4.79 Å². The zero-order valence-corrected chi connectivity index (χ0v) is 13.1. The second-order valence-electron chi connectivity index (χ2n) is 5.18. The Morgan fingerprint density at radius 3 is 2.90 bits per heavy atom.